The fourth-order valence-electron chi connectivity index (χ4n) is 3.56. The van der Waals surface area contributed by atoms with E-state index in [-0.39, 0.29) is 6.04 Å². The minimum Gasteiger partial charge on any atom is -0.330 e. The molecule has 0 aromatic heterocycles. The molecule has 20 heavy (non-hydrogen) atoms. The first-order valence-corrected chi connectivity index (χ1v) is 9.46. The molecule has 0 aromatic rings. The highest BCUT2D eigenvalue weighted by atomic mass is 32.2. The zero-order valence-electron chi connectivity index (χ0n) is 12.6. The number of nitrogens with zero attached hydrogens (tertiary/aromatic N) is 2. The second-order valence-electron chi connectivity index (χ2n) is 6.10. The topological polar surface area (TPSA) is 66.6 Å². The number of nitrogens with two attached hydrogens (primary N) is 1. The molecule has 1 aliphatic carbocycles. The predicted octanol–water partition coefficient (Wildman–Crippen LogP) is 1.56. The SMILES string of the molecule is CCN(C1CCCCC1)S(=O)(=O)N1CCCC(CN)C1. The lowest BCUT2D eigenvalue weighted by Gasteiger charge is -2.39. The summed E-state index contributed by atoms with van der Waals surface area (Å²) in [5, 5.41) is 0. The Morgan fingerprint density at radius 2 is 1.85 bits per heavy atom. The zero-order valence-corrected chi connectivity index (χ0v) is 13.4. The van der Waals surface area contributed by atoms with Crippen LogP contribution in [-0.4, -0.2) is 49.2 Å². The third-order valence-corrected chi connectivity index (χ3v) is 6.86. The highest BCUT2D eigenvalue weighted by Crippen LogP contribution is 2.27. The molecule has 2 fully saturated rings. The largest absolute Gasteiger partial charge is 0.330 e. The van der Waals surface area contributed by atoms with Crippen molar-refractivity contribution in [2.45, 2.75) is 57.9 Å². The zero-order chi connectivity index (χ0) is 14.6. The van der Waals surface area contributed by atoms with Gasteiger partial charge in [0, 0.05) is 25.7 Å². The van der Waals surface area contributed by atoms with Crippen molar-refractivity contribution in [3.8, 4) is 0 Å². The minimum atomic E-state index is -3.31. The Labute approximate surface area is 123 Å². The van der Waals surface area contributed by atoms with Gasteiger partial charge in [0.2, 0.25) is 0 Å². The van der Waals surface area contributed by atoms with Crippen LogP contribution in [0.5, 0.6) is 0 Å². The van der Waals surface area contributed by atoms with Gasteiger partial charge in [0.15, 0.2) is 0 Å². The molecule has 1 atom stereocenters. The Bertz CT molecular complexity index is 393. The van der Waals surface area contributed by atoms with E-state index in [0.717, 1.165) is 38.5 Å². The Kier molecular flexibility index (Phi) is 5.84. The molecule has 5 nitrogen and oxygen atoms in total. The maximum Gasteiger partial charge on any atom is 0.282 e. The van der Waals surface area contributed by atoms with Crippen LogP contribution in [0.25, 0.3) is 0 Å². The molecule has 2 rings (SSSR count). The van der Waals surface area contributed by atoms with Gasteiger partial charge >= 0.3 is 0 Å². The van der Waals surface area contributed by atoms with E-state index in [1.807, 2.05) is 6.92 Å². The Hall–Kier alpha value is -0.170. The maximum absolute atomic E-state index is 12.9. The molecule has 2 aliphatic rings. The Morgan fingerprint density at radius 3 is 2.45 bits per heavy atom. The van der Waals surface area contributed by atoms with Gasteiger partial charge in [0.05, 0.1) is 0 Å². The first kappa shape index (κ1) is 16.2. The fourth-order valence-corrected chi connectivity index (χ4v) is 5.53. The number of hydrogen-bond acceptors (Lipinski definition) is 3. The van der Waals surface area contributed by atoms with Crippen molar-refractivity contribution >= 4 is 10.2 Å². The van der Waals surface area contributed by atoms with Crippen LogP contribution in [0.1, 0.15) is 51.9 Å². The molecule has 6 heteroatoms. The number of rotatable bonds is 5. The van der Waals surface area contributed by atoms with Gasteiger partial charge in [-0.2, -0.15) is 17.0 Å². The van der Waals surface area contributed by atoms with E-state index >= 15 is 0 Å². The van der Waals surface area contributed by atoms with Crippen molar-refractivity contribution < 1.29 is 8.42 Å². The second-order valence-corrected chi connectivity index (χ2v) is 7.99. The summed E-state index contributed by atoms with van der Waals surface area (Å²) in [4.78, 5) is 0. The molecule has 118 valence electrons. The third kappa shape index (κ3) is 3.53. The van der Waals surface area contributed by atoms with Gasteiger partial charge in [-0.25, -0.2) is 0 Å². The van der Waals surface area contributed by atoms with Gasteiger partial charge < -0.3 is 5.73 Å². The molecular weight excluding hydrogens is 274 g/mol. The monoisotopic (exact) mass is 303 g/mol. The highest BCUT2D eigenvalue weighted by Gasteiger charge is 2.36. The summed E-state index contributed by atoms with van der Waals surface area (Å²) in [6, 6.07) is 0.206. The van der Waals surface area contributed by atoms with E-state index in [4.69, 9.17) is 5.73 Å². The van der Waals surface area contributed by atoms with E-state index in [1.165, 1.54) is 6.42 Å². The van der Waals surface area contributed by atoms with E-state index in [1.54, 1.807) is 8.61 Å². The van der Waals surface area contributed by atoms with Crippen LogP contribution in [0.4, 0.5) is 0 Å². The Balaban J connectivity index is 2.09. The molecule has 0 radical (unpaired) electrons. The average molecular weight is 303 g/mol. The van der Waals surface area contributed by atoms with E-state index in [0.29, 0.717) is 32.1 Å². The standard InChI is InChI=1S/C14H29N3O2S/c1-2-17(14-8-4-3-5-9-14)20(18,19)16-10-6-7-13(11-15)12-16/h13-14H,2-12,15H2,1H3. The lowest BCUT2D eigenvalue weighted by atomic mass is 9.95. The second kappa shape index (κ2) is 7.20. The highest BCUT2D eigenvalue weighted by molar-refractivity contribution is 7.86. The van der Waals surface area contributed by atoms with Gasteiger partial charge in [-0.05, 0) is 38.1 Å². The molecule has 1 aliphatic heterocycles. The normalized spacial score (nSPS) is 27.1. The summed E-state index contributed by atoms with van der Waals surface area (Å²) in [5.41, 5.74) is 5.73. The molecule has 0 bridgehead atoms. The van der Waals surface area contributed by atoms with Crippen LogP contribution >= 0.6 is 0 Å². The number of hydrogen-bond donors (Lipinski definition) is 1. The summed E-state index contributed by atoms with van der Waals surface area (Å²) in [6.45, 7) is 4.37. The van der Waals surface area contributed by atoms with Gasteiger partial charge in [0.1, 0.15) is 0 Å². The molecule has 2 N–H and O–H groups in total. The van der Waals surface area contributed by atoms with Crippen molar-refractivity contribution in [2.24, 2.45) is 11.7 Å². The van der Waals surface area contributed by atoms with Crippen molar-refractivity contribution in [1.29, 1.82) is 0 Å². The average Bonchev–Trinajstić information content (AvgIpc) is 2.49. The molecule has 0 amide bonds. The third-order valence-electron chi connectivity index (χ3n) is 4.73. The molecule has 1 saturated heterocycles. The summed E-state index contributed by atoms with van der Waals surface area (Å²) < 4.78 is 29.2. The first-order valence-electron chi connectivity index (χ1n) is 8.06. The molecule has 1 unspecified atom stereocenters. The van der Waals surface area contributed by atoms with Crippen LogP contribution in [0.15, 0.2) is 0 Å². The summed E-state index contributed by atoms with van der Waals surface area (Å²) in [7, 11) is -3.31. The van der Waals surface area contributed by atoms with Crippen LogP contribution in [0.3, 0.4) is 0 Å². The van der Waals surface area contributed by atoms with Gasteiger partial charge in [-0.1, -0.05) is 26.2 Å². The fraction of sp³-hybridized carbons (Fsp3) is 1.00. The van der Waals surface area contributed by atoms with Crippen LogP contribution in [-0.2, 0) is 10.2 Å². The van der Waals surface area contributed by atoms with Crippen molar-refractivity contribution in [3.05, 3.63) is 0 Å². The lowest BCUT2D eigenvalue weighted by molar-refractivity contribution is 0.215. The quantitative estimate of drug-likeness (QED) is 0.838. The van der Waals surface area contributed by atoms with Crippen LogP contribution < -0.4 is 5.73 Å². The van der Waals surface area contributed by atoms with Crippen molar-refractivity contribution in [2.75, 3.05) is 26.2 Å². The van der Waals surface area contributed by atoms with E-state index < -0.39 is 10.2 Å². The smallest absolute Gasteiger partial charge is 0.282 e. The van der Waals surface area contributed by atoms with Gasteiger partial charge in [-0.15, -0.1) is 0 Å². The summed E-state index contributed by atoms with van der Waals surface area (Å²) >= 11 is 0. The maximum atomic E-state index is 12.9. The molecule has 0 spiro atoms. The minimum absolute atomic E-state index is 0.206. The van der Waals surface area contributed by atoms with Crippen LogP contribution in [0, 0.1) is 5.92 Å². The molecular formula is C14H29N3O2S. The van der Waals surface area contributed by atoms with Crippen molar-refractivity contribution in [3.63, 3.8) is 0 Å². The number of piperidine rings is 1. The summed E-state index contributed by atoms with van der Waals surface area (Å²) in [6.07, 6.45) is 7.57. The van der Waals surface area contributed by atoms with Gasteiger partial charge in [0.25, 0.3) is 10.2 Å². The first-order chi connectivity index (χ1) is 9.59. The predicted molar refractivity (Wildman–Crippen MR) is 81.5 cm³/mol. The van der Waals surface area contributed by atoms with E-state index in [2.05, 4.69) is 0 Å². The van der Waals surface area contributed by atoms with Gasteiger partial charge in [-0.3, -0.25) is 0 Å². The summed E-state index contributed by atoms with van der Waals surface area (Å²) in [5.74, 6) is 0.323. The van der Waals surface area contributed by atoms with Crippen LogP contribution in [0.2, 0.25) is 0 Å². The molecule has 0 aromatic carbocycles. The molecule has 1 saturated carbocycles. The van der Waals surface area contributed by atoms with E-state index in [9.17, 15) is 8.42 Å². The molecule has 1 heterocycles. The van der Waals surface area contributed by atoms with Crippen molar-refractivity contribution in [1.82, 2.24) is 8.61 Å². The lowest BCUT2D eigenvalue weighted by Crippen LogP contribution is -2.52. The Morgan fingerprint density at radius 1 is 1.15 bits per heavy atom.